The van der Waals surface area contributed by atoms with Crippen LogP contribution in [-0.4, -0.2) is 9.91 Å². The summed E-state index contributed by atoms with van der Waals surface area (Å²) in [5, 5.41) is 14.2. The topological polar surface area (TPSA) is 94.3 Å². The number of aromatic nitrogens is 1. The molecular formula is C25H18FN3O4. The third-order valence-corrected chi connectivity index (χ3v) is 5.27. The Labute approximate surface area is 187 Å². The van der Waals surface area contributed by atoms with E-state index in [1.54, 1.807) is 24.3 Å². The molecule has 0 aliphatic rings. The molecule has 0 spiro atoms. The number of fused-ring (bicyclic) bond motifs is 1. The zero-order valence-electron chi connectivity index (χ0n) is 17.5. The predicted molar refractivity (Wildman–Crippen MR) is 122 cm³/mol. The number of furan rings is 1. The van der Waals surface area contributed by atoms with Gasteiger partial charge in [-0.3, -0.25) is 10.1 Å². The summed E-state index contributed by atoms with van der Waals surface area (Å²) in [6.45, 7) is 2.25. The van der Waals surface area contributed by atoms with Gasteiger partial charge in [-0.15, -0.1) is 0 Å². The molecule has 0 bridgehead atoms. The average Bonchev–Trinajstić information content (AvgIpc) is 3.44. The van der Waals surface area contributed by atoms with Gasteiger partial charge in [-0.25, -0.2) is 9.37 Å². The lowest BCUT2D eigenvalue weighted by Gasteiger charge is -2.05. The van der Waals surface area contributed by atoms with E-state index in [0.29, 0.717) is 40.6 Å². The van der Waals surface area contributed by atoms with Gasteiger partial charge in [0.05, 0.1) is 11.5 Å². The first kappa shape index (κ1) is 20.4. The fourth-order valence-corrected chi connectivity index (χ4v) is 3.63. The first-order valence-corrected chi connectivity index (χ1v) is 10.2. The van der Waals surface area contributed by atoms with E-state index >= 15 is 0 Å². The standard InChI is InChI=1S/C25H18FN3O4/c1-15-11-19(29(30)31)6-8-21(15)23-10-7-20(32-23)14-27-18-5-9-24-22(13-18)28-25(33-24)16-3-2-4-17(26)12-16/h2-13,27H,14H2,1H3. The number of nitrogens with zero attached hydrogens (tertiary/aromatic N) is 2. The quantitative estimate of drug-likeness (QED) is 0.231. The van der Waals surface area contributed by atoms with E-state index in [9.17, 15) is 14.5 Å². The number of anilines is 1. The van der Waals surface area contributed by atoms with Crippen molar-refractivity contribution >= 4 is 22.5 Å². The summed E-state index contributed by atoms with van der Waals surface area (Å²) >= 11 is 0. The van der Waals surface area contributed by atoms with Crippen LogP contribution >= 0.6 is 0 Å². The molecule has 0 saturated heterocycles. The van der Waals surface area contributed by atoms with Gasteiger partial charge in [0.2, 0.25) is 5.89 Å². The first-order valence-electron chi connectivity index (χ1n) is 10.2. The van der Waals surface area contributed by atoms with Crippen LogP contribution in [0, 0.1) is 22.9 Å². The van der Waals surface area contributed by atoms with Gasteiger partial charge in [-0.05, 0) is 67.1 Å². The minimum absolute atomic E-state index is 0.0495. The molecule has 164 valence electrons. The second-order valence-electron chi connectivity index (χ2n) is 7.59. The van der Waals surface area contributed by atoms with E-state index in [1.165, 1.54) is 24.3 Å². The molecule has 0 aliphatic heterocycles. The molecular weight excluding hydrogens is 425 g/mol. The number of aryl methyl sites for hydroxylation is 1. The molecule has 8 heteroatoms. The second kappa shape index (κ2) is 8.23. The number of nitrogens with one attached hydrogen (secondary N) is 1. The predicted octanol–water partition coefficient (Wildman–Crippen LogP) is 6.72. The summed E-state index contributed by atoms with van der Waals surface area (Å²) < 4.78 is 25.2. The lowest BCUT2D eigenvalue weighted by Crippen LogP contribution is -1.97. The van der Waals surface area contributed by atoms with Crippen LogP contribution in [0.2, 0.25) is 0 Å². The zero-order chi connectivity index (χ0) is 22.9. The van der Waals surface area contributed by atoms with Crippen LogP contribution in [0.3, 0.4) is 0 Å². The Hall–Kier alpha value is -4.46. The highest BCUT2D eigenvalue weighted by atomic mass is 19.1. The number of benzene rings is 3. The summed E-state index contributed by atoms with van der Waals surface area (Å²) in [4.78, 5) is 15.0. The third kappa shape index (κ3) is 4.18. The maximum Gasteiger partial charge on any atom is 0.269 e. The van der Waals surface area contributed by atoms with Crippen molar-refractivity contribution in [3.05, 3.63) is 100 Å². The summed E-state index contributed by atoms with van der Waals surface area (Å²) in [6.07, 6.45) is 0. The molecule has 0 amide bonds. The van der Waals surface area contributed by atoms with Gasteiger partial charge in [-0.2, -0.15) is 0 Å². The van der Waals surface area contributed by atoms with Gasteiger partial charge < -0.3 is 14.2 Å². The van der Waals surface area contributed by atoms with Crippen molar-refractivity contribution in [3.63, 3.8) is 0 Å². The number of nitro benzene ring substituents is 1. The summed E-state index contributed by atoms with van der Waals surface area (Å²) in [5.74, 6) is 1.36. The minimum atomic E-state index is -0.416. The number of halogens is 1. The molecule has 0 radical (unpaired) electrons. The van der Waals surface area contributed by atoms with Crippen molar-refractivity contribution in [2.24, 2.45) is 0 Å². The van der Waals surface area contributed by atoms with Crippen LogP contribution in [0.25, 0.3) is 33.9 Å². The molecule has 0 saturated carbocycles. The zero-order valence-corrected chi connectivity index (χ0v) is 17.5. The maximum absolute atomic E-state index is 13.5. The molecule has 0 aliphatic carbocycles. The van der Waals surface area contributed by atoms with Crippen molar-refractivity contribution < 1.29 is 18.1 Å². The Kier molecular flexibility index (Phi) is 5.10. The molecule has 33 heavy (non-hydrogen) atoms. The van der Waals surface area contributed by atoms with Gasteiger partial charge in [0, 0.05) is 28.9 Å². The lowest BCUT2D eigenvalue weighted by atomic mass is 10.1. The fraction of sp³-hybridized carbons (Fsp3) is 0.0800. The largest absolute Gasteiger partial charge is 0.459 e. The number of oxazole rings is 1. The smallest absolute Gasteiger partial charge is 0.269 e. The Balaban J connectivity index is 1.31. The number of rotatable bonds is 6. The molecule has 0 fully saturated rings. The molecule has 0 atom stereocenters. The molecule has 2 heterocycles. The summed E-state index contributed by atoms with van der Waals surface area (Å²) in [7, 11) is 0. The van der Waals surface area contributed by atoms with Crippen LogP contribution in [0.15, 0.2) is 81.6 Å². The molecule has 0 unspecified atom stereocenters. The highest BCUT2D eigenvalue weighted by Crippen LogP contribution is 2.30. The van der Waals surface area contributed by atoms with Crippen LogP contribution in [0.1, 0.15) is 11.3 Å². The summed E-state index contributed by atoms with van der Waals surface area (Å²) in [5.41, 5.74) is 4.28. The van der Waals surface area contributed by atoms with E-state index in [1.807, 2.05) is 31.2 Å². The highest BCUT2D eigenvalue weighted by molar-refractivity contribution is 5.80. The number of hydrogen-bond acceptors (Lipinski definition) is 6. The van der Waals surface area contributed by atoms with Crippen molar-refractivity contribution in [1.29, 1.82) is 0 Å². The van der Waals surface area contributed by atoms with E-state index in [2.05, 4.69) is 10.3 Å². The first-order chi connectivity index (χ1) is 16.0. The number of nitro groups is 1. The Bertz CT molecular complexity index is 1490. The lowest BCUT2D eigenvalue weighted by molar-refractivity contribution is -0.384. The molecule has 5 aromatic rings. The van der Waals surface area contributed by atoms with Gasteiger partial charge in [0.1, 0.15) is 22.9 Å². The Morgan fingerprint density at radius 1 is 1.03 bits per heavy atom. The molecule has 1 N–H and O–H groups in total. The van der Waals surface area contributed by atoms with E-state index < -0.39 is 4.92 Å². The molecule has 7 nitrogen and oxygen atoms in total. The van der Waals surface area contributed by atoms with Crippen LogP contribution in [0.5, 0.6) is 0 Å². The fourth-order valence-electron chi connectivity index (χ4n) is 3.63. The molecule has 5 rings (SSSR count). The Morgan fingerprint density at radius 3 is 2.70 bits per heavy atom. The van der Waals surface area contributed by atoms with Crippen molar-refractivity contribution in [1.82, 2.24) is 4.98 Å². The van der Waals surface area contributed by atoms with Crippen LogP contribution in [0.4, 0.5) is 15.8 Å². The molecule has 3 aromatic carbocycles. The van der Waals surface area contributed by atoms with Gasteiger partial charge >= 0.3 is 0 Å². The van der Waals surface area contributed by atoms with Crippen LogP contribution in [-0.2, 0) is 6.54 Å². The minimum Gasteiger partial charge on any atom is -0.459 e. The van der Waals surface area contributed by atoms with Crippen molar-refractivity contribution in [3.8, 4) is 22.8 Å². The SMILES string of the molecule is Cc1cc([N+](=O)[O-])ccc1-c1ccc(CNc2ccc3oc(-c4cccc(F)c4)nc3c2)o1. The summed E-state index contributed by atoms with van der Waals surface area (Å²) in [6, 6.07) is 20.0. The van der Waals surface area contributed by atoms with E-state index in [0.717, 1.165) is 16.8 Å². The van der Waals surface area contributed by atoms with Gasteiger partial charge in [0.15, 0.2) is 5.58 Å². The number of hydrogen-bond donors (Lipinski definition) is 1. The van der Waals surface area contributed by atoms with Gasteiger partial charge in [-0.1, -0.05) is 6.07 Å². The van der Waals surface area contributed by atoms with E-state index in [-0.39, 0.29) is 11.5 Å². The number of non-ortho nitro benzene ring substituents is 1. The maximum atomic E-state index is 13.5. The normalized spacial score (nSPS) is 11.1. The third-order valence-electron chi connectivity index (χ3n) is 5.27. The van der Waals surface area contributed by atoms with Crippen molar-refractivity contribution in [2.45, 2.75) is 13.5 Å². The monoisotopic (exact) mass is 443 g/mol. The van der Waals surface area contributed by atoms with Crippen molar-refractivity contribution in [2.75, 3.05) is 5.32 Å². The Morgan fingerprint density at radius 2 is 1.91 bits per heavy atom. The average molecular weight is 443 g/mol. The van der Waals surface area contributed by atoms with E-state index in [4.69, 9.17) is 8.83 Å². The molecule has 2 aromatic heterocycles. The van der Waals surface area contributed by atoms with Gasteiger partial charge in [0.25, 0.3) is 5.69 Å². The highest BCUT2D eigenvalue weighted by Gasteiger charge is 2.13. The second-order valence-corrected chi connectivity index (χ2v) is 7.59. The van der Waals surface area contributed by atoms with Crippen LogP contribution < -0.4 is 5.32 Å².